The van der Waals surface area contributed by atoms with Crippen LogP contribution in [0, 0.1) is 18.3 Å². The van der Waals surface area contributed by atoms with E-state index in [2.05, 4.69) is 5.32 Å². The molecular weight excluding hydrogens is 304 g/mol. The van der Waals surface area contributed by atoms with Gasteiger partial charge in [-0.25, -0.2) is 0 Å². The highest BCUT2D eigenvalue weighted by Crippen LogP contribution is 2.28. The minimum absolute atomic E-state index is 0.139. The molecule has 0 aliphatic heterocycles. The van der Waals surface area contributed by atoms with Gasteiger partial charge in [-0.1, -0.05) is 25.1 Å². The van der Waals surface area contributed by atoms with Gasteiger partial charge in [-0.05, 0) is 36.6 Å². The first kappa shape index (κ1) is 17.4. The number of rotatable bonds is 6. The SMILES string of the molecule is CCc1cccc(C)c1NC(=O)COc1ccc(C#N)cc1OC. The Kier molecular flexibility index (Phi) is 5.80. The van der Waals surface area contributed by atoms with Gasteiger partial charge in [0, 0.05) is 11.8 Å². The average Bonchev–Trinajstić information content (AvgIpc) is 2.61. The van der Waals surface area contributed by atoms with Gasteiger partial charge < -0.3 is 14.8 Å². The van der Waals surface area contributed by atoms with E-state index in [0.29, 0.717) is 17.1 Å². The van der Waals surface area contributed by atoms with Crippen molar-refractivity contribution in [3.63, 3.8) is 0 Å². The molecule has 0 saturated heterocycles. The van der Waals surface area contributed by atoms with Crippen LogP contribution in [0.2, 0.25) is 0 Å². The molecule has 0 atom stereocenters. The number of methoxy groups -OCH3 is 1. The molecule has 0 radical (unpaired) electrons. The number of nitrogens with zero attached hydrogens (tertiary/aromatic N) is 1. The fourth-order valence-electron chi connectivity index (χ4n) is 2.38. The summed E-state index contributed by atoms with van der Waals surface area (Å²) in [6.07, 6.45) is 0.835. The zero-order valence-corrected chi connectivity index (χ0v) is 14.1. The van der Waals surface area contributed by atoms with E-state index >= 15 is 0 Å². The van der Waals surface area contributed by atoms with E-state index in [0.717, 1.165) is 23.2 Å². The first-order valence-corrected chi connectivity index (χ1v) is 7.68. The van der Waals surface area contributed by atoms with E-state index in [1.807, 2.05) is 38.1 Å². The number of anilines is 1. The molecule has 1 amide bonds. The van der Waals surface area contributed by atoms with Gasteiger partial charge in [0.2, 0.25) is 0 Å². The Hall–Kier alpha value is -3.00. The normalized spacial score (nSPS) is 9.92. The van der Waals surface area contributed by atoms with Gasteiger partial charge in [-0.15, -0.1) is 0 Å². The Labute approximate surface area is 141 Å². The van der Waals surface area contributed by atoms with E-state index in [1.165, 1.54) is 7.11 Å². The monoisotopic (exact) mass is 324 g/mol. The van der Waals surface area contributed by atoms with Crippen molar-refractivity contribution >= 4 is 11.6 Å². The van der Waals surface area contributed by atoms with Gasteiger partial charge in [0.15, 0.2) is 18.1 Å². The molecule has 2 rings (SSSR count). The van der Waals surface area contributed by atoms with Crippen molar-refractivity contribution in [2.45, 2.75) is 20.3 Å². The standard InChI is InChI=1S/C19H20N2O3/c1-4-15-7-5-6-13(2)19(15)21-18(22)12-24-16-9-8-14(11-20)10-17(16)23-3/h5-10H,4,12H2,1-3H3,(H,21,22). The van der Waals surface area contributed by atoms with Gasteiger partial charge in [0.05, 0.1) is 18.7 Å². The quantitative estimate of drug-likeness (QED) is 0.883. The number of para-hydroxylation sites is 1. The van der Waals surface area contributed by atoms with Crippen LogP contribution in [0.25, 0.3) is 0 Å². The van der Waals surface area contributed by atoms with Crippen LogP contribution in [0.5, 0.6) is 11.5 Å². The van der Waals surface area contributed by atoms with Gasteiger partial charge in [0.25, 0.3) is 5.91 Å². The number of hydrogen-bond acceptors (Lipinski definition) is 4. The number of ether oxygens (including phenoxy) is 2. The van der Waals surface area contributed by atoms with Crippen LogP contribution in [-0.2, 0) is 11.2 Å². The third-order valence-electron chi connectivity index (χ3n) is 3.66. The highest BCUT2D eigenvalue weighted by Gasteiger charge is 2.11. The smallest absolute Gasteiger partial charge is 0.262 e. The molecule has 2 aromatic rings. The highest BCUT2D eigenvalue weighted by atomic mass is 16.5. The predicted octanol–water partition coefficient (Wildman–Crippen LogP) is 3.46. The van der Waals surface area contributed by atoms with Crippen LogP contribution in [0.4, 0.5) is 5.69 Å². The van der Waals surface area contributed by atoms with Crippen molar-refractivity contribution in [3.05, 3.63) is 53.1 Å². The summed E-state index contributed by atoms with van der Waals surface area (Å²) in [5.74, 6) is 0.601. The molecule has 0 aromatic heterocycles. The second kappa shape index (κ2) is 8.02. The number of carbonyl (C=O) groups excluding carboxylic acids is 1. The largest absolute Gasteiger partial charge is 0.493 e. The maximum atomic E-state index is 12.2. The summed E-state index contributed by atoms with van der Waals surface area (Å²) in [5.41, 5.74) is 3.40. The maximum Gasteiger partial charge on any atom is 0.262 e. The Bertz CT molecular complexity index is 779. The minimum Gasteiger partial charge on any atom is -0.493 e. The minimum atomic E-state index is -0.245. The van der Waals surface area contributed by atoms with Crippen LogP contribution in [0.1, 0.15) is 23.6 Å². The van der Waals surface area contributed by atoms with Gasteiger partial charge >= 0.3 is 0 Å². The van der Waals surface area contributed by atoms with E-state index in [1.54, 1.807) is 18.2 Å². The number of nitriles is 1. The number of nitrogens with one attached hydrogen (secondary N) is 1. The second-order valence-corrected chi connectivity index (χ2v) is 5.28. The molecule has 5 nitrogen and oxygen atoms in total. The number of hydrogen-bond donors (Lipinski definition) is 1. The fraction of sp³-hybridized carbons (Fsp3) is 0.263. The molecule has 0 fully saturated rings. The average molecular weight is 324 g/mol. The molecule has 0 bridgehead atoms. The number of aryl methyl sites for hydroxylation is 2. The lowest BCUT2D eigenvalue weighted by atomic mass is 10.1. The molecule has 124 valence electrons. The van der Waals surface area contributed by atoms with Crippen molar-refractivity contribution in [2.24, 2.45) is 0 Å². The van der Waals surface area contributed by atoms with Crippen LogP contribution in [0.3, 0.4) is 0 Å². The predicted molar refractivity (Wildman–Crippen MR) is 92.4 cm³/mol. The lowest BCUT2D eigenvalue weighted by Gasteiger charge is -2.14. The Morgan fingerprint density at radius 3 is 2.71 bits per heavy atom. The van der Waals surface area contributed by atoms with Gasteiger partial charge in [-0.3, -0.25) is 4.79 Å². The topological polar surface area (TPSA) is 71.3 Å². The summed E-state index contributed by atoms with van der Waals surface area (Å²) in [6.45, 7) is 3.86. The van der Waals surface area contributed by atoms with Gasteiger partial charge in [-0.2, -0.15) is 5.26 Å². The second-order valence-electron chi connectivity index (χ2n) is 5.28. The zero-order valence-electron chi connectivity index (χ0n) is 14.1. The molecule has 2 aromatic carbocycles. The molecule has 0 heterocycles. The van der Waals surface area contributed by atoms with Gasteiger partial charge in [0.1, 0.15) is 0 Å². The van der Waals surface area contributed by atoms with Crippen molar-refractivity contribution in [1.82, 2.24) is 0 Å². The number of benzene rings is 2. The summed E-state index contributed by atoms with van der Waals surface area (Å²) < 4.78 is 10.7. The summed E-state index contributed by atoms with van der Waals surface area (Å²) in [4.78, 5) is 12.2. The molecule has 0 spiro atoms. The van der Waals surface area contributed by atoms with E-state index in [9.17, 15) is 4.79 Å². The molecule has 0 aliphatic rings. The van der Waals surface area contributed by atoms with Crippen LogP contribution < -0.4 is 14.8 Å². The zero-order chi connectivity index (χ0) is 17.5. The Morgan fingerprint density at radius 2 is 2.04 bits per heavy atom. The molecule has 0 unspecified atom stereocenters. The van der Waals surface area contributed by atoms with Crippen LogP contribution >= 0.6 is 0 Å². The lowest BCUT2D eigenvalue weighted by molar-refractivity contribution is -0.118. The number of carbonyl (C=O) groups is 1. The highest BCUT2D eigenvalue weighted by molar-refractivity contribution is 5.93. The molecular formula is C19H20N2O3. The molecule has 24 heavy (non-hydrogen) atoms. The summed E-state index contributed by atoms with van der Waals surface area (Å²) in [6, 6.07) is 12.8. The van der Waals surface area contributed by atoms with Crippen molar-refractivity contribution < 1.29 is 14.3 Å². The van der Waals surface area contributed by atoms with Crippen molar-refractivity contribution in [3.8, 4) is 17.6 Å². The van der Waals surface area contributed by atoms with E-state index in [4.69, 9.17) is 14.7 Å². The van der Waals surface area contributed by atoms with E-state index in [-0.39, 0.29) is 12.5 Å². The Balaban J connectivity index is 2.06. The van der Waals surface area contributed by atoms with E-state index < -0.39 is 0 Å². The summed E-state index contributed by atoms with van der Waals surface area (Å²) in [5, 5.41) is 11.8. The first-order valence-electron chi connectivity index (χ1n) is 7.68. The maximum absolute atomic E-state index is 12.2. The molecule has 1 N–H and O–H groups in total. The summed E-state index contributed by atoms with van der Waals surface area (Å²) >= 11 is 0. The molecule has 0 saturated carbocycles. The number of amides is 1. The summed E-state index contributed by atoms with van der Waals surface area (Å²) in [7, 11) is 1.49. The molecule has 0 aliphatic carbocycles. The van der Waals surface area contributed by atoms with Crippen molar-refractivity contribution in [1.29, 1.82) is 5.26 Å². The third kappa shape index (κ3) is 4.05. The Morgan fingerprint density at radius 1 is 1.25 bits per heavy atom. The lowest BCUT2D eigenvalue weighted by Crippen LogP contribution is -2.21. The first-order chi connectivity index (χ1) is 11.6. The van der Waals surface area contributed by atoms with Crippen LogP contribution in [-0.4, -0.2) is 19.6 Å². The fourth-order valence-corrected chi connectivity index (χ4v) is 2.38. The third-order valence-corrected chi connectivity index (χ3v) is 3.66. The van der Waals surface area contributed by atoms with Crippen LogP contribution in [0.15, 0.2) is 36.4 Å². The van der Waals surface area contributed by atoms with Crippen molar-refractivity contribution in [2.75, 3.05) is 19.0 Å². The molecule has 5 heteroatoms.